The highest BCUT2D eigenvalue weighted by molar-refractivity contribution is 5.89. The molecule has 2 heterocycles. The Morgan fingerprint density at radius 2 is 1.83 bits per heavy atom. The molecule has 2 amide bonds. The average molecular weight is 318 g/mol. The number of nitrogens with zero attached hydrogens (tertiary/aromatic N) is 2. The van der Waals surface area contributed by atoms with E-state index in [1.807, 2.05) is 41.4 Å². The summed E-state index contributed by atoms with van der Waals surface area (Å²) in [6.07, 6.45) is 4.53. The van der Waals surface area contributed by atoms with Crippen molar-refractivity contribution in [1.82, 2.24) is 15.1 Å². The Morgan fingerprint density at radius 3 is 2.58 bits per heavy atom. The van der Waals surface area contributed by atoms with Gasteiger partial charge in [-0.2, -0.15) is 5.10 Å². The zero-order chi connectivity index (χ0) is 16.4. The molecule has 5 nitrogen and oxygen atoms in total. The summed E-state index contributed by atoms with van der Waals surface area (Å²) in [5, 5.41) is 9.73. The Labute approximate surface area is 140 Å². The summed E-state index contributed by atoms with van der Waals surface area (Å²) in [4.78, 5) is 14.3. The van der Waals surface area contributed by atoms with Gasteiger partial charge >= 0.3 is 6.03 Å². The van der Waals surface area contributed by atoms with Crippen molar-refractivity contribution >= 4 is 11.7 Å². The first-order chi connectivity index (χ1) is 11.8. The summed E-state index contributed by atoms with van der Waals surface area (Å²) < 4.78 is 0. The largest absolute Gasteiger partial charge is 0.322 e. The van der Waals surface area contributed by atoms with E-state index in [4.69, 9.17) is 0 Å². The zero-order valence-corrected chi connectivity index (χ0v) is 13.2. The second-order valence-corrected chi connectivity index (χ2v) is 5.93. The Balaban J connectivity index is 1.43. The van der Waals surface area contributed by atoms with E-state index in [1.54, 1.807) is 6.20 Å². The lowest BCUT2D eigenvalue weighted by molar-refractivity contribution is 0.206. The number of fused-ring (bicyclic) bond motifs is 1. The van der Waals surface area contributed by atoms with Gasteiger partial charge < -0.3 is 10.2 Å². The third kappa shape index (κ3) is 2.88. The Kier molecular flexibility index (Phi) is 3.75. The molecule has 0 bridgehead atoms. The lowest BCUT2D eigenvalue weighted by Gasteiger charge is -2.29. The van der Waals surface area contributed by atoms with Gasteiger partial charge in [0.05, 0.1) is 6.20 Å². The second-order valence-electron chi connectivity index (χ2n) is 5.93. The normalized spacial score (nSPS) is 13.4. The van der Waals surface area contributed by atoms with Crippen LogP contribution in [-0.2, 0) is 13.0 Å². The molecule has 1 aromatic heterocycles. The molecule has 0 radical (unpaired) electrons. The summed E-state index contributed by atoms with van der Waals surface area (Å²) in [5.41, 5.74) is 5.46. The van der Waals surface area contributed by atoms with Crippen molar-refractivity contribution in [2.45, 2.75) is 13.0 Å². The van der Waals surface area contributed by atoms with Crippen molar-refractivity contribution in [1.29, 1.82) is 0 Å². The van der Waals surface area contributed by atoms with Gasteiger partial charge in [0.25, 0.3) is 0 Å². The van der Waals surface area contributed by atoms with Crippen molar-refractivity contribution in [3.05, 3.63) is 72.1 Å². The van der Waals surface area contributed by atoms with Crippen LogP contribution in [0.4, 0.5) is 10.5 Å². The van der Waals surface area contributed by atoms with Crippen LogP contribution < -0.4 is 5.32 Å². The predicted molar refractivity (Wildman–Crippen MR) is 93.6 cm³/mol. The van der Waals surface area contributed by atoms with Crippen LogP contribution in [0.1, 0.15) is 11.1 Å². The van der Waals surface area contributed by atoms with Gasteiger partial charge in [-0.05, 0) is 35.2 Å². The van der Waals surface area contributed by atoms with Crippen LogP contribution in [0.25, 0.3) is 11.1 Å². The van der Waals surface area contributed by atoms with Gasteiger partial charge in [0, 0.05) is 30.5 Å². The average Bonchev–Trinajstić information content (AvgIpc) is 3.16. The molecule has 120 valence electrons. The second kappa shape index (κ2) is 6.20. The van der Waals surface area contributed by atoms with Gasteiger partial charge in [-0.15, -0.1) is 0 Å². The summed E-state index contributed by atoms with van der Waals surface area (Å²) in [6, 6.07) is 16.0. The Hall–Kier alpha value is -3.08. The van der Waals surface area contributed by atoms with Crippen LogP contribution in [0.15, 0.2) is 60.9 Å². The number of carbonyl (C=O) groups excluding carboxylic acids is 1. The number of H-pyrrole nitrogens is 1. The highest BCUT2D eigenvalue weighted by atomic mass is 16.2. The van der Waals surface area contributed by atoms with E-state index in [0.717, 1.165) is 29.8 Å². The van der Waals surface area contributed by atoms with Crippen LogP contribution in [0.3, 0.4) is 0 Å². The third-order valence-electron chi connectivity index (χ3n) is 4.39. The van der Waals surface area contributed by atoms with E-state index >= 15 is 0 Å². The molecule has 2 aromatic carbocycles. The van der Waals surface area contributed by atoms with Gasteiger partial charge in [-0.25, -0.2) is 4.79 Å². The fourth-order valence-electron chi connectivity index (χ4n) is 3.03. The number of carbonyl (C=O) groups is 1. The number of amides is 2. The Morgan fingerprint density at radius 1 is 1.04 bits per heavy atom. The molecule has 4 rings (SSSR count). The minimum Gasteiger partial charge on any atom is -0.320 e. The number of aromatic amines is 1. The summed E-state index contributed by atoms with van der Waals surface area (Å²) in [6.45, 7) is 1.41. The van der Waals surface area contributed by atoms with E-state index in [1.165, 1.54) is 11.1 Å². The van der Waals surface area contributed by atoms with E-state index in [-0.39, 0.29) is 6.03 Å². The van der Waals surface area contributed by atoms with E-state index < -0.39 is 0 Å². The number of aromatic nitrogens is 2. The number of benzene rings is 2. The summed E-state index contributed by atoms with van der Waals surface area (Å²) in [7, 11) is 0. The van der Waals surface area contributed by atoms with E-state index in [0.29, 0.717) is 6.54 Å². The molecule has 5 heteroatoms. The van der Waals surface area contributed by atoms with Crippen LogP contribution in [-0.4, -0.2) is 27.7 Å². The standard InChI is InChI=1S/C19H18N4O/c24-19(23-10-9-14-3-1-2-4-16(14)13-23)22-18-7-5-15(6-8-18)17-11-20-21-12-17/h1-8,11-12H,9-10,13H2,(H,20,21)(H,22,24). The summed E-state index contributed by atoms with van der Waals surface area (Å²) >= 11 is 0. The number of urea groups is 1. The van der Waals surface area contributed by atoms with Crippen LogP contribution in [0, 0.1) is 0 Å². The molecule has 0 unspecified atom stereocenters. The topological polar surface area (TPSA) is 61.0 Å². The maximum atomic E-state index is 12.5. The minimum absolute atomic E-state index is 0.0550. The number of rotatable bonds is 2. The van der Waals surface area contributed by atoms with Crippen molar-refractivity contribution in [2.24, 2.45) is 0 Å². The van der Waals surface area contributed by atoms with Crippen LogP contribution >= 0.6 is 0 Å². The highest BCUT2D eigenvalue weighted by Gasteiger charge is 2.20. The number of hydrogen-bond donors (Lipinski definition) is 2. The highest BCUT2D eigenvalue weighted by Crippen LogP contribution is 2.22. The quantitative estimate of drug-likeness (QED) is 0.757. The SMILES string of the molecule is O=C(Nc1ccc(-c2cn[nH]c2)cc1)N1CCc2ccccc2C1. The maximum Gasteiger partial charge on any atom is 0.322 e. The molecule has 1 aliphatic heterocycles. The first-order valence-corrected chi connectivity index (χ1v) is 8.01. The fraction of sp³-hybridized carbons (Fsp3) is 0.158. The molecule has 1 aliphatic rings. The molecule has 0 fully saturated rings. The molecule has 0 atom stereocenters. The van der Waals surface area contributed by atoms with Crippen molar-refractivity contribution in [3.8, 4) is 11.1 Å². The number of nitrogens with one attached hydrogen (secondary N) is 2. The number of anilines is 1. The van der Waals surface area contributed by atoms with Gasteiger partial charge in [0.1, 0.15) is 0 Å². The minimum atomic E-state index is -0.0550. The Bertz CT molecular complexity index is 840. The predicted octanol–water partition coefficient (Wildman–Crippen LogP) is 3.67. The van der Waals surface area contributed by atoms with Crippen LogP contribution in [0.2, 0.25) is 0 Å². The fourth-order valence-corrected chi connectivity index (χ4v) is 3.03. The molecule has 0 saturated heterocycles. The van der Waals surface area contributed by atoms with E-state index in [2.05, 4.69) is 33.7 Å². The third-order valence-corrected chi connectivity index (χ3v) is 4.39. The van der Waals surface area contributed by atoms with Gasteiger partial charge in [0.15, 0.2) is 0 Å². The molecule has 24 heavy (non-hydrogen) atoms. The molecule has 3 aromatic rings. The maximum absolute atomic E-state index is 12.5. The van der Waals surface area contributed by atoms with Crippen molar-refractivity contribution < 1.29 is 4.79 Å². The summed E-state index contributed by atoms with van der Waals surface area (Å²) in [5.74, 6) is 0. The van der Waals surface area contributed by atoms with Crippen LogP contribution in [0.5, 0.6) is 0 Å². The molecular formula is C19H18N4O. The van der Waals surface area contributed by atoms with Crippen molar-refractivity contribution in [2.75, 3.05) is 11.9 Å². The molecule has 0 saturated carbocycles. The zero-order valence-electron chi connectivity index (χ0n) is 13.2. The van der Waals surface area contributed by atoms with Gasteiger partial charge in [0.2, 0.25) is 0 Å². The van der Waals surface area contributed by atoms with E-state index in [9.17, 15) is 4.79 Å². The van der Waals surface area contributed by atoms with Gasteiger partial charge in [-0.3, -0.25) is 5.10 Å². The van der Waals surface area contributed by atoms with Gasteiger partial charge in [-0.1, -0.05) is 36.4 Å². The lowest BCUT2D eigenvalue weighted by Crippen LogP contribution is -2.38. The lowest BCUT2D eigenvalue weighted by atomic mass is 10.0. The molecule has 0 aliphatic carbocycles. The molecule has 0 spiro atoms. The smallest absolute Gasteiger partial charge is 0.320 e. The number of hydrogen-bond acceptors (Lipinski definition) is 2. The monoisotopic (exact) mass is 318 g/mol. The van der Waals surface area contributed by atoms with Crippen molar-refractivity contribution in [3.63, 3.8) is 0 Å². The molecule has 2 N–H and O–H groups in total. The molecular weight excluding hydrogens is 300 g/mol. The first kappa shape index (κ1) is 14.5. The first-order valence-electron chi connectivity index (χ1n) is 8.01.